The first-order chi connectivity index (χ1) is 15.7. The van der Waals surface area contributed by atoms with Crippen molar-refractivity contribution in [3.05, 3.63) is 18.0 Å². The monoisotopic (exact) mass is 468 g/mol. The molecule has 1 amide bonds. The first kappa shape index (κ1) is 23.2. The van der Waals surface area contributed by atoms with Crippen LogP contribution in [0.4, 0.5) is 19.0 Å². The summed E-state index contributed by atoms with van der Waals surface area (Å²) in [5.41, 5.74) is 0.00514. The van der Waals surface area contributed by atoms with Gasteiger partial charge in [-0.3, -0.25) is 9.59 Å². The van der Waals surface area contributed by atoms with E-state index in [4.69, 9.17) is 4.74 Å². The number of nitrogens with one attached hydrogen (secondary N) is 1. The average Bonchev–Trinajstić information content (AvgIpc) is 3.23. The normalized spacial score (nSPS) is 22.4. The molecular formula is C21H27F3N6O3. The molecule has 12 heteroatoms. The first-order valence-corrected chi connectivity index (χ1v) is 11.2. The third kappa shape index (κ3) is 5.53. The summed E-state index contributed by atoms with van der Waals surface area (Å²) in [6.07, 6.45) is 0.297. The Hall–Kier alpha value is -2.92. The minimum atomic E-state index is -4.66. The molecule has 1 saturated heterocycles. The number of carbonyl (C=O) groups excluding carboxylic acids is 2. The first-order valence-electron chi connectivity index (χ1n) is 11.2. The Morgan fingerprint density at radius 1 is 1.09 bits per heavy atom. The molecule has 4 rings (SSSR count). The topological polar surface area (TPSA) is 102 Å². The van der Waals surface area contributed by atoms with E-state index in [1.165, 1.54) is 6.07 Å². The number of hydrogen-bond donors (Lipinski definition) is 1. The van der Waals surface area contributed by atoms with E-state index in [1.807, 2.05) is 0 Å². The molecule has 0 radical (unpaired) electrons. The lowest BCUT2D eigenvalue weighted by molar-refractivity contribution is -0.153. The molecule has 9 nitrogen and oxygen atoms in total. The molecule has 2 aromatic heterocycles. The van der Waals surface area contributed by atoms with Gasteiger partial charge in [-0.15, -0.1) is 15.3 Å². The van der Waals surface area contributed by atoms with Crippen molar-refractivity contribution < 1.29 is 27.5 Å². The van der Waals surface area contributed by atoms with Gasteiger partial charge in [0.05, 0.1) is 5.92 Å². The number of carbonyl (C=O) groups is 2. The van der Waals surface area contributed by atoms with E-state index in [9.17, 15) is 22.8 Å². The minimum Gasteiger partial charge on any atom is -0.455 e. The highest BCUT2D eigenvalue weighted by Gasteiger charge is 2.38. The van der Waals surface area contributed by atoms with Crippen molar-refractivity contribution >= 4 is 23.3 Å². The fourth-order valence-electron chi connectivity index (χ4n) is 4.40. The number of piperidine rings is 1. The Balaban J connectivity index is 1.26. The molecule has 180 valence electrons. The summed E-state index contributed by atoms with van der Waals surface area (Å²) in [7, 11) is 0. The predicted octanol–water partition coefficient (Wildman–Crippen LogP) is 2.60. The molecule has 2 aromatic rings. The van der Waals surface area contributed by atoms with E-state index in [0.717, 1.165) is 25.7 Å². The second kappa shape index (κ2) is 9.52. The third-order valence-corrected chi connectivity index (χ3v) is 6.38. The molecule has 0 atom stereocenters. The van der Waals surface area contributed by atoms with Gasteiger partial charge in [0.15, 0.2) is 12.3 Å². The quantitative estimate of drug-likeness (QED) is 0.673. The molecule has 0 aromatic carbocycles. The summed E-state index contributed by atoms with van der Waals surface area (Å²) in [5, 5.41) is 13.6. The molecule has 1 aliphatic carbocycles. The summed E-state index contributed by atoms with van der Waals surface area (Å²) in [4.78, 5) is 26.3. The number of hydrogen-bond acceptors (Lipinski definition) is 7. The van der Waals surface area contributed by atoms with Gasteiger partial charge in [-0.05, 0) is 56.6 Å². The fraction of sp³-hybridized carbons (Fsp3) is 0.667. The van der Waals surface area contributed by atoms with E-state index < -0.39 is 18.0 Å². The van der Waals surface area contributed by atoms with Crippen LogP contribution in [0.1, 0.15) is 51.3 Å². The number of alkyl halides is 3. The van der Waals surface area contributed by atoms with Gasteiger partial charge in [0.2, 0.25) is 0 Å². The van der Waals surface area contributed by atoms with Crippen molar-refractivity contribution in [1.29, 1.82) is 0 Å². The van der Waals surface area contributed by atoms with Gasteiger partial charge in [-0.25, -0.2) is 0 Å². The van der Waals surface area contributed by atoms with Crippen molar-refractivity contribution in [3.63, 3.8) is 0 Å². The second-order valence-corrected chi connectivity index (χ2v) is 8.88. The summed E-state index contributed by atoms with van der Waals surface area (Å²) < 4.78 is 45.2. The lowest BCUT2D eigenvalue weighted by Crippen LogP contribution is -2.41. The molecule has 2 fully saturated rings. The Morgan fingerprint density at radius 2 is 1.79 bits per heavy atom. The van der Waals surface area contributed by atoms with Crippen LogP contribution in [0.25, 0.3) is 5.65 Å². The molecule has 1 aliphatic heterocycles. The van der Waals surface area contributed by atoms with Crippen molar-refractivity contribution in [2.24, 2.45) is 11.8 Å². The molecular weight excluding hydrogens is 441 g/mol. The zero-order chi connectivity index (χ0) is 23.6. The largest absolute Gasteiger partial charge is 0.455 e. The lowest BCUT2D eigenvalue weighted by Gasteiger charge is -2.31. The molecule has 1 saturated carbocycles. The number of ether oxygens (including phenoxy) is 1. The average molecular weight is 468 g/mol. The highest BCUT2D eigenvalue weighted by atomic mass is 19.4. The Labute approximate surface area is 188 Å². The third-order valence-electron chi connectivity index (χ3n) is 6.38. The zero-order valence-electron chi connectivity index (χ0n) is 18.3. The maximum absolute atomic E-state index is 13.1. The molecule has 2 aliphatic rings. The summed E-state index contributed by atoms with van der Waals surface area (Å²) >= 11 is 0. The van der Waals surface area contributed by atoms with Crippen molar-refractivity contribution in [3.8, 4) is 0 Å². The van der Waals surface area contributed by atoms with Gasteiger partial charge in [0.1, 0.15) is 5.82 Å². The lowest BCUT2D eigenvalue weighted by atomic mass is 9.87. The van der Waals surface area contributed by atoms with E-state index in [2.05, 4.69) is 27.5 Å². The van der Waals surface area contributed by atoms with E-state index in [-0.39, 0.29) is 30.1 Å². The van der Waals surface area contributed by atoms with Crippen LogP contribution >= 0.6 is 0 Å². The van der Waals surface area contributed by atoms with Crippen LogP contribution in [0.5, 0.6) is 0 Å². The van der Waals surface area contributed by atoms with Crippen molar-refractivity contribution in [1.82, 2.24) is 25.1 Å². The fourth-order valence-corrected chi connectivity index (χ4v) is 4.40. The van der Waals surface area contributed by atoms with Gasteiger partial charge in [-0.1, -0.05) is 6.92 Å². The van der Waals surface area contributed by atoms with Crippen LogP contribution in [-0.4, -0.2) is 57.4 Å². The van der Waals surface area contributed by atoms with E-state index >= 15 is 0 Å². The molecule has 33 heavy (non-hydrogen) atoms. The van der Waals surface area contributed by atoms with Gasteiger partial charge in [0, 0.05) is 19.1 Å². The van der Waals surface area contributed by atoms with Crippen LogP contribution in [0.2, 0.25) is 0 Å². The number of halogens is 3. The summed E-state index contributed by atoms with van der Waals surface area (Å²) in [6.45, 7) is 2.76. The summed E-state index contributed by atoms with van der Waals surface area (Å²) in [6, 6.07) is 3.15. The number of nitrogens with zero attached hydrogens (tertiary/aromatic N) is 5. The van der Waals surface area contributed by atoms with Gasteiger partial charge >= 0.3 is 12.1 Å². The van der Waals surface area contributed by atoms with E-state index in [0.29, 0.717) is 42.2 Å². The number of rotatable bonds is 5. The zero-order valence-corrected chi connectivity index (χ0v) is 18.3. The van der Waals surface area contributed by atoms with Crippen LogP contribution < -0.4 is 10.2 Å². The Morgan fingerprint density at radius 3 is 2.45 bits per heavy atom. The standard InChI is InChI=1S/C21H27F3N6O3/c1-13-2-4-15(5-3-13)25-18(31)12-33-19(32)14-8-10-29(11-9-14)17-7-6-16-26-27-20(21(22,23)24)30(16)28-17/h6-7,13-15H,2-5,8-12H2,1H3,(H,25,31). The SMILES string of the molecule is CC1CCC(NC(=O)COC(=O)C2CCN(c3ccc4nnc(C(F)(F)F)n4n3)CC2)CC1. The highest BCUT2D eigenvalue weighted by Crippen LogP contribution is 2.29. The number of anilines is 1. The van der Waals surface area contributed by atoms with Crippen LogP contribution in [0, 0.1) is 11.8 Å². The number of aromatic nitrogens is 4. The van der Waals surface area contributed by atoms with Crippen LogP contribution in [0.3, 0.4) is 0 Å². The Kier molecular flexibility index (Phi) is 6.71. The number of esters is 1. The number of amides is 1. The second-order valence-electron chi connectivity index (χ2n) is 8.88. The van der Waals surface area contributed by atoms with Crippen molar-refractivity contribution in [2.45, 2.75) is 57.7 Å². The minimum absolute atomic E-state index is 0.00514. The predicted molar refractivity (Wildman–Crippen MR) is 111 cm³/mol. The van der Waals surface area contributed by atoms with Gasteiger partial charge in [0.25, 0.3) is 11.7 Å². The number of fused-ring (bicyclic) bond motifs is 1. The smallest absolute Gasteiger partial charge is 0.453 e. The van der Waals surface area contributed by atoms with Crippen molar-refractivity contribution in [2.75, 3.05) is 24.6 Å². The van der Waals surface area contributed by atoms with Gasteiger partial charge in [-0.2, -0.15) is 17.7 Å². The van der Waals surface area contributed by atoms with Crippen LogP contribution in [0.15, 0.2) is 12.1 Å². The van der Waals surface area contributed by atoms with Gasteiger partial charge < -0.3 is 15.0 Å². The molecule has 0 bridgehead atoms. The Bertz CT molecular complexity index is 995. The van der Waals surface area contributed by atoms with E-state index in [1.54, 1.807) is 11.0 Å². The molecule has 0 spiro atoms. The molecule has 3 heterocycles. The molecule has 0 unspecified atom stereocenters. The maximum Gasteiger partial charge on any atom is 0.453 e. The summed E-state index contributed by atoms with van der Waals surface area (Å²) in [5.74, 6) is -1.23. The highest BCUT2D eigenvalue weighted by molar-refractivity contribution is 5.81. The van der Waals surface area contributed by atoms with Crippen LogP contribution in [-0.2, 0) is 20.5 Å². The maximum atomic E-state index is 13.1. The molecule has 1 N–H and O–H groups in total.